The Morgan fingerprint density at radius 3 is 2.35 bits per heavy atom. The van der Waals surface area contributed by atoms with Gasteiger partial charge in [0.25, 0.3) is 0 Å². The first-order chi connectivity index (χ1) is 7.65. The van der Waals surface area contributed by atoms with Crippen LogP contribution < -0.4 is 0 Å². The Labute approximate surface area is 105 Å². The van der Waals surface area contributed by atoms with E-state index < -0.39 is 22.2 Å². The summed E-state index contributed by atoms with van der Waals surface area (Å²) in [5.74, 6) is 0. The third-order valence-corrected chi connectivity index (χ3v) is 3.54. The minimum absolute atomic E-state index is 0.0481. The summed E-state index contributed by atoms with van der Waals surface area (Å²) in [6, 6.07) is 4.12. The quantitative estimate of drug-likeness (QED) is 0.635. The van der Waals surface area contributed by atoms with Crippen molar-refractivity contribution < 1.29 is 25.8 Å². The monoisotopic (exact) mass is 308 g/mol. The average molecular weight is 309 g/mol. The van der Waals surface area contributed by atoms with E-state index in [0.717, 1.165) is 0 Å². The van der Waals surface area contributed by atoms with Gasteiger partial charge in [-0.25, -0.2) is 0 Å². The molecule has 0 saturated carbocycles. The largest absolute Gasteiger partial charge is 0.523 e. The van der Waals surface area contributed by atoms with Gasteiger partial charge in [-0.15, -0.1) is 0 Å². The fourth-order valence-electron chi connectivity index (χ4n) is 0.868. The van der Waals surface area contributed by atoms with Crippen LogP contribution >= 0.6 is 23.2 Å². The zero-order valence-electron chi connectivity index (χ0n) is 7.96. The molecule has 0 aromatic heterocycles. The van der Waals surface area contributed by atoms with Crippen molar-refractivity contribution in [3.63, 3.8) is 0 Å². The lowest BCUT2D eigenvalue weighted by Crippen LogP contribution is -2.25. The summed E-state index contributed by atoms with van der Waals surface area (Å²) in [6.45, 7) is -0.832. The Hall–Kier alpha value is -0.500. The van der Waals surface area contributed by atoms with E-state index in [0.29, 0.717) is 0 Å². The Bertz CT molecular complexity index is 513. The molecule has 96 valence electrons. The van der Waals surface area contributed by atoms with Gasteiger partial charge < -0.3 is 0 Å². The molecule has 0 atom stereocenters. The molecule has 1 rings (SSSR count). The summed E-state index contributed by atoms with van der Waals surface area (Å²) in [6.07, 6.45) is 0. The van der Waals surface area contributed by atoms with Crippen LogP contribution in [0.25, 0.3) is 0 Å². The molecule has 0 unspecified atom stereocenters. The van der Waals surface area contributed by atoms with Crippen molar-refractivity contribution >= 4 is 33.3 Å². The molecule has 3 nitrogen and oxygen atoms in total. The molecule has 0 aliphatic carbocycles. The highest BCUT2D eigenvalue weighted by Crippen LogP contribution is 2.29. The number of alkyl halides is 3. The number of benzene rings is 1. The van der Waals surface area contributed by atoms with E-state index in [-0.39, 0.29) is 15.6 Å². The maximum Gasteiger partial charge on any atom is 0.523 e. The molecule has 0 amide bonds. The lowest BCUT2D eigenvalue weighted by atomic mass is 10.2. The molecule has 0 heterocycles. The molecule has 0 aliphatic heterocycles. The fourth-order valence-corrected chi connectivity index (χ4v) is 1.66. The second kappa shape index (κ2) is 5.01. The predicted octanol–water partition coefficient (Wildman–Crippen LogP) is 3.36. The van der Waals surface area contributed by atoms with E-state index in [4.69, 9.17) is 23.2 Å². The predicted molar refractivity (Wildman–Crippen MR) is 56.2 cm³/mol. The minimum Gasteiger partial charge on any atom is -0.258 e. The van der Waals surface area contributed by atoms with Gasteiger partial charge in [0.15, 0.2) is 0 Å². The molecule has 0 aliphatic rings. The first-order valence-electron chi connectivity index (χ1n) is 4.04. The summed E-state index contributed by atoms with van der Waals surface area (Å²) >= 11 is 11.2. The lowest BCUT2D eigenvalue weighted by molar-refractivity contribution is -0.0547. The smallest absolute Gasteiger partial charge is 0.258 e. The van der Waals surface area contributed by atoms with Gasteiger partial charge in [0.2, 0.25) is 0 Å². The number of halogens is 5. The van der Waals surface area contributed by atoms with Gasteiger partial charge in [0.05, 0.1) is 16.7 Å². The Morgan fingerprint density at radius 1 is 1.24 bits per heavy atom. The number of hydrogen-bond acceptors (Lipinski definition) is 3. The van der Waals surface area contributed by atoms with Crippen LogP contribution in [0.2, 0.25) is 10.0 Å². The van der Waals surface area contributed by atoms with Gasteiger partial charge in [0, 0.05) is 0 Å². The summed E-state index contributed by atoms with van der Waals surface area (Å²) in [5, 5.41) is 0.0451. The SMILES string of the molecule is O=S(=O)(OCc1cccc(Cl)c1Cl)C(F)(F)F. The third kappa shape index (κ3) is 3.48. The van der Waals surface area contributed by atoms with Gasteiger partial charge >= 0.3 is 15.6 Å². The van der Waals surface area contributed by atoms with Crippen molar-refractivity contribution in [3.8, 4) is 0 Å². The summed E-state index contributed by atoms with van der Waals surface area (Å²) in [7, 11) is -5.63. The number of hydrogen-bond donors (Lipinski definition) is 0. The molecule has 0 N–H and O–H groups in total. The maximum atomic E-state index is 11.9. The minimum atomic E-state index is -5.63. The third-order valence-electron chi connectivity index (χ3n) is 1.68. The van der Waals surface area contributed by atoms with E-state index in [1.54, 1.807) is 0 Å². The van der Waals surface area contributed by atoms with E-state index in [1.807, 2.05) is 0 Å². The van der Waals surface area contributed by atoms with Crippen molar-refractivity contribution in [2.75, 3.05) is 0 Å². The normalized spacial score (nSPS) is 12.8. The second-order valence-electron chi connectivity index (χ2n) is 2.87. The lowest BCUT2D eigenvalue weighted by Gasteiger charge is -2.09. The van der Waals surface area contributed by atoms with E-state index in [2.05, 4.69) is 4.18 Å². The first-order valence-corrected chi connectivity index (χ1v) is 6.20. The van der Waals surface area contributed by atoms with E-state index >= 15 is 0 Å². The van der Waals surface area contributed by atoms with Crippen LogP contribution in [0.4, 0.5) is 13.2 Å². The van der Waals surface area contributed by atoms with Crippen LogP contribution in [-0.2, 0) is 20.9 Å². The molecule has 0 saturated heterocycles. The van der Waals surface area contributed by atoms with Crippen molar-refractivity contribution in [3.05, 3.63) is 33.8 Å². The van der Waals surface area contributed by atoms with Crippen molar-refractivity contribution in [1.29, 1.82) is 0 Å². The summed E-state index contributed by atoms with van der Waals surface area (Å²) < 4.78 is 60.8. The van der Waals surface area contributed by atoms with E-state index in [9.17, 15) is 21.6 Å². The van der Waals surface area contributed by atoms with Gasteiger partial charge in [0.1, 0.15) is 0 Å². The molecule has 0 bridgehead atoms. The van der Waals surface area contributed by atoms with Crippen molar-refractivity contribution in [1.82, 2.24) is 0 Å². The molecule has 1 aromatic rings. The standard InChI is InChI=1S/C8H5Cl2F3O3S/c9-6-3-1-2-5(7(6)10)4-16-17(14,15)8(11,12)13/h1-3H,4H2. The van der Waals surface area contributed by atoms with Gasteiger partial charge in [-0.2, -0.15) is 21.6 Å². The molecular weight excluding hydrogens is 304 g/mol. The highest BCUT2D eigenvalue weighted by atomic mass is 35.5. The second-order valence-corrected chi connectivity index (χ2v) is 5.27. The first kappa shape index (κ1) is 14.6. The van der Waals surface area contributed by atoms with Gasteiger partial charge in [-0.3, -0.25) is 4.18 Å². The molecule has 9 heteroatoms. The van der Waals surface area contributed by atoms with E-state index in [1.165, 1.54) is 18.2 Å². The van der Waals surface area contributed by atoms with Crippen LogP contribution in [0.3, 0.4) is 0 Å². The van der Waals surface area contributed by atoms with Crippen LogP contribution in [0.1, 0.15) is 5.56 Å². The Kier molecular flexibility index (Phi) is 4.29. The fraction of sp³-hybridized carbons (Fsp3) is 0.250. The molecule has 0 radical (unpaired) electrons. The summed E-state index contributed by atoms with van der Waals surface area (Å²) in [5.41, 5.74) is -5.41. The Morgan fingerprint density at radius 2 is 1.82 bits per heavy atom. The van der Waals surface area contributed by atoms with Gasteiger partial charge in [-0.05, 0) is 11.6 Å². The highest BCUT2D eigenvalue weighted by Gasteiger charge is 2.47. The molecule has 0 fully saturated rings. The zero-order chi connectivity index (χ0) is 13.3. The molecule has 0 spiro atoms. The zero-order valence-corrected chi connectivity index (χ0v) is 10.3. The Balaban J connectivity index is 2.86. The van der Waals surface area contributed by atoms with Crippen LogP contribution in [0, 0.1) is 0 Å². The van der Waals surface area contributed by atoms with Crippen molar-refractivity contribution in [2.45, 2.75) is 12.1 Å². The topological polar surface area (TPSA) is 43.4 Å². The van der Waals surface area contributed by atoms with Crippen LogP contribution in [0.5, 0.6) is 0 Å². The molecular formula is C8H5Cl2F3O3S. The van der Waals surface area contributed by atoms with Crippen molar-refractivity contribution in [2.24, 2.45) is 0 Å². The molecule has 1 aromatic carbocycles. The number of rotatable bonds is 3. The van der Waals surface area contributed by atoms with Gasteiger partial charge in [-0.1, -0.05) is 35.3 Å². The molecule has 17 heavy (non-hydrogen) atoms. The average Bonchev–Trinajstić information content (AvgIpc) is 2.18. The summed E-state index contributed by atoms with van der Waals surface area (Å²) in [4.78, 5) is 0. The maximum absolute atomic E-state index is 11.9. The van der Waals surface area contributed by atoms with Crippen LogP contribution in [-0.4, -0.2) is 13.9 Å². The highest BCUT2D eigenvalue weighted by molar-refractivity contribution is 7.87. The van der Waals surface area contributed by atoms with Crippen LogP contribution in [0.15, 0.2) is 18.2 Å².